The SMILES string of the molecule is CCCCO[C@H](C)C(=O)N[C@H]1CCCN(c2ncccn2)C1. The van der Waals surface area contributed by atoms with Crippen molar-refractivity contribution in [2.75, 3.05) is 24.6 Å². The van der Waals surface area contributed by atoms with Crippen LogP contribution in [0.25, 0.3) is 0 Å². The lowest BCUT2D eigenvalue weighted by Crippen LogP contribution is -2.50. The van der Waals surface area contributed by atoms with Gasteiger partial charge in [-0.1, -0.05) is 13.3 Å². The second-order valence-electron chi connectivity index (χ2n) is 5.71. The average Bonchev–Trinajstić information content (AvgIpc) is 2.56. The summed E-state index contributed by atoms with van der Waals surface area (Å²) in [6, 6.07) is 1.93. The Bertz CT molecular complexity index is 455. The first-order valence-electron chi connectivity index (χ1n) is 8.14. The number of aromatic nitrogens is 2. The van der Waals surface area contributed by atoms with Gasteiger partial charge in [0.2, 0.25) is 11.9 Å². The molecule has 1 amide bonds. The molecule has 0 aromatic carbocycles. The van der Waals surface area contributed by atoms with Gasteiger partial charge in [-0.2, -0.15) is 0 Å². The molecule has 0 bridgehead atoms. The number of ether oxygens (including phenoxy) is 1. The number of carbonyl (C=O) groups excluding carboxylic acids is 1. The van der Waals surface area contributed by atoms with Crippen molar-refractivity contribution < 1.29 is 9.53 Å². The van der Waals surface area contributed by atoms with Gasteiger partial charge in [0.1, 0.15) is 6.10 Å². The molecule has 1 aliphatic rings. The van der Waals surface area contributed by atoms with Crippen molar-refractivity contribution in [2.45, 2.75) is 51.7 Å². The van der Waals surface area contributed by atoms with E-state index in [0.29, 0.717) is 6.61 Å². The number of carbonyl (C=O) groups is 1. The van der Waals surface area contributed by atoms with Crippen LogP contribution in [0, 0.1) is 0 Å². The van der Waals surface area contributed by atoms with Crippen molar-refractivity contribution in [1.29, 1.82) is 0 Å². The molecule has 1 saturated heterocycles. The number of anilines is 1. The Kier molecular flexibility index (Phi) is 6.58. The fourth-order valence-corrected chi connectivity index (χ4v) is 2.53. The maximum atomic E-state index is 12.2. The fourth-order valence-electron chi connectivity index (χ4n) is 2.53. The number of amides is 1. The van der Waals surface area contributed by atoms with Crippen LogP contribution >= 0.6 is 0 Å². The van der Waals surface area contributed by atoms with Crippen LogP contribution < -0.4 is 10.2 Å². The molecule has 6 nitrogen and oxygen atoms in total. The average molecular weight is 306 g/mol. The molecule has 6 heteroatoms. The van der Waals surface area contributed by atoms with E-state index in [4.69, 9.17) is 4.74 Å². The van der Waals surface area contributed by atoms with E-state index in [1.165, 1.54) is 0 Å². The molecule has 0 saturated carbocycles. The highest BCUT2D eigenvalue weighted by atomic mass is 16.5. The van der Waals surface area contributed by atoms with Crippen molar-refractivity contribution in [2.24, 2.45) is 0 Å². The van der Waals surface area contributed by atoms with Gasteiger partial charge in [0.05, 0.1) is 0 Å². The van der Waals surface area contributed by atoms with Crippen LogP contribution in [0.3, 0.4) is 0 Å². The molecular weight excluding hydrogens is 280 g/mol. The predicted octanol–water partition coefficient (Wildman–Crippen LogP) is 1.77. The van der Waals surface area contributed by atoms with Crippen molar-refractivity contribution in [3.8, 4) is 0 Å². The molecule has 1 aromatic rings. The molecule has 0 spiro atoms. The standard InChI is InChI=1S/C16H26N4O2/c1-3-4-11-22-13(2)15(21)19-14-7-5-10-20(12-14)16-17-8-6-9-18-16/h6,8-9,13-14H,3-5,7,10-12H2,1-2H3,(H,19,21)/t13-,14+/m1/s1. The number of piperidine rings is 1. The second kappa shape index (κ2) is 8.68. The van der Waals surface area contributed by atoms with E-state index < -0.39 is 6.10 Å². The summed E-state index contributed by atoms with van der Waals surface area (Å²) in [5.41, 5.74) is 0. The van der Waals surface area contributed by atoms with E-state index >= 15 is 0 Å². The van der Waals surface area contributed by atoms with Gasteiger partial charge in [0.25, 0.3) is 0 Å². The van der Waals surface area contributed by atoms with Crippen LogP contribution in [0.15, 0.2) is 18.5 Å². The topological polar surface area (TPSA) is 67.3 Å². The molecule has 0 radical (unpaired) electrons. The monoisotopic (exact) mass is 306 g/mol. The number of hydrogen-bond acceptors (Lipinski definition) is 5. The molecule has 0 aliphatic carbocycles. The lowest BCUT2D eigenvalue weighted by Gasteiger charge is -2.33. The molecule has 2 atom stereocenters. The highest BCUT2D eigenvalue weighted by Gasteiger charge is 2.24. The summed E-state index contributed by atoms with van der Waals surface area (Å²) in [5, 5.41) is 3.08. The molecule has 1 N–H and O–H groups in total. The lowest BCUT2D eigenvalue weighted by atomic mass is 10.1. The minimum absolute atomic E-state index is 0.0306. The van der Waals surface area contributed by atoms with Gasteiger partial charge in [-0.05, 0) is 32.3 Å². The molecule has 22 heavy (non-hydrogen) atoms. The summed E-state index contributed by atoms with van der Waals surface area (Å²) in [7, 11) is 0. The Morgan fingerprint density at radius 3 is 3.00 bits per heavy atom. The Hall–Kier alpha value is -1.69. The molecule has 2 heterocycles. The number of hydrogen-bond donors (Lipinski definition) is 1. The Morgan fingerprint density at radius 1 is 1.50 bits per heavy atom. The van der Waals surface area contributed by atoms with Crippen molar-refractivity contribution in [3.05, 3.63) is 18.5 Å². The maximum absolute atomic E-state index is 12.2. The van der Waals surface area contributed by atoms with E-state index in [9.17, 15) is 4.79 Å². The molecule has 122 valence electrons. The summed E-state index contributed by atoms with van der Waals surface area (Å²) in [5.74, 6) is 0.700. The highest BCUT2D eigenvalue weighted by Crippen LogP contribution is 2.15. The van der Waals surface area contributed by atoms with Crippen LogP contribution in [-0.2, 0) is 9.53 Å². The van der Waals surface area contributed by atoms with Crippen molar-refractivity contribution in [1.82, 2.24) is 15.3 Å². The highest BCUT2D eigenvalue weighted by molar-refractivity contribution is 5.80. The third-order valence-electron chi connectivity index (χ3n) is 3.84. The number of nitrogens with zero attached hydrogens (tertiary/aromatic N) is 3. The number of nitrogens with one attached hydrogen (secondary N) is 1. The minimum Gasteiger partial charge on any atom is -0.369 e. The summed E-state index contributed by atoms with van der Waals surface area (Å²) in [4.78, 5) is 22.8. The molecule has 0 unspecified atom stereocenters. The normalized spacial score (nSPS) is 19.7. The summed E-state index contributed by atoms with van der Waals surface area (Å²) < 4.78 is 5.55. The van der Waals surface area contributed by atoms with Gasteiger partial charge >= 0.3 is 0 Å². The van der Waals surface area contributed by atoms with E-state index in [-0.39, 0.29) is 11.9 Å². The van der Waals surface area contributed by atoms with Gasteiger partial charge in [-0.3, -0.25) is 4.79 Å². The quantitative estimate of drug-likeness (QED) is 0.778. The van der Waals surface area contributed by atoms with E-state index in [1.54, 1.807) is 12.4 Å². The summed E-state index contributed by atoms with van der Waals surface area (Å²) >= 11 is 0. The van der Waals surface area contributed by atoms with Crippen LogP contribution in [0.5, 0.6) is 0 Å². The van der Waals surface area contributed by atoms with Crippen LogP contribution in [0.4, 0.5) is 5.95 Å². The summed E-state index contributed by atoms with van der Waals surface area (Å²) in [6.07, 6.45) is 7.16. The van der Waals surface area contributed by atoms with Gasteiger partial charge in [-0.15, -0.1) is 0 Å². The third kappa shape index (κ3) is 4.94. The summed E-state index contributed by atoms with van der Waals surface area (Å²) in [6.45, 7) is 6.23. The zero-order chi connectivity index (χ0) is 15.8. The molecule has 1 fully saturated rings. The van der Waals surface area contributed by atoms with Crippen LogP contribution in [-0.4, -0.2) is 47.7 Å². The zero-order valence-corrected chi connectivity index (χ0v) is 13.5. The Morgan fingerprint density at radius 2 is 2.27 bits per heavy atom. The van der Waals surface area contributed by atoms with E-state index in [2.05, 4.69) is 27.1 Å². The maximum Gasteiger partial charge on any atom is 0.249 e. The van der Waals surface area contributed by atoms with Crippen LogP contribution in [0.2, 0.25) is 0 Å². The second-order valence-corrected chi connectivity index (χ2v) is 5.71. The third-order valence-corrected chi connectivity index (χ3v) is 3.84. The Balaban J connectivity index is 1.81. The van der Waals surface area contributed by atoms with Crippen molar-refractivity contribution >= 4 is 11.9 Å². The van der Waals surface area contributed by atoms with Crippen LogP contribution in [0.1, 0.15) is 39.5 Å². The van der Waals surface area contributed by atoms with Gasteiger partial charge in [0.15, 0.2) is 0 Å². The first kappa shape index (κ1) is 16.7. The van der Waals surface area contributed by atoms with E-state index in [0.717, 1.165) is 44.7 Å². The Labute approximate surface area is 132 Å². The molecule has 1 aliphatic heterocycles. The number of rotatable bonds is 7. The van der Waals surface area contributed by atoms with Gasteiger partial charge in [-0.25, -0.2) is 9.97 Å². The van der Waals surface area contributed by atoms with Gasteiger partial charge < -0.3 is 15.0 Å². The first-order valence-corrected chi connectivity index (χ1v) is 8.14. The smallest absolute Gasteiger partial charge is 0.249 e. The van der Waals surface area contributed by atoms with E-state index in [1.807, 2.05) is 13.0 Å². The zero-order valence-electron chi connectivity index (χ0n) is 13.5. The largest absolute Gasteiger partial charge is 0.369 e. The molecule has 2 rings (SSSR count). The minimum atomic E-state index is -0.394. The van der Waals surface area contributed by atoms with Gasteiger partial charge in [0, 0.05) is 38.1 Å². The van der Waals surface area contributed by atoms with Crippen molar-refractivity contribution in [3.63, 3.8) is 0 Å². The predicted molar refractivity (Wildman–Crippen MR) is 85.7 cm³/mol. The molecular formula is C16H26N4O2. The fraction of sp³-hybridized carbons (Fsp3) is 0.688. The lowest BCUT2D eigenvalue weighted by molar-refractivity contribution is -0.132. The first-order chi connectivity index (χ1) is 10.7. The molecule has 1 aromatic heterocycles. The number of unbranched alkanes of at least 4 members (excludes halogenated alkanes) is 1.